The average molecular weight is 417 g/mol. The minimum absolute atomic E-state index is 0.521. The lowest BCUT2D eigenvalue weighted by atomic mass is 10.1. The first-order valence-electron chi connectivity index (χ1n) is 10.8. The summed E-state index contributed by atoms with van der Waals surface area (Å²) in [4.78, 5) is 18.3. The molecule has 0 radical (unpaired) electrons. The molecule has 1 aliphatic heterocycles. The van der Waals surface area contributed by atoms with Crippen LogP contribution >= 0.6 is 0 Å². The van der Waals surface area contributed by atoms with Crippen molar-refractivity contribution in [2.45, 2.75) is 25.8 Å². The van der Waals surface area contributed by atoms with E-state index in [0.717, 1.165) is 59.9 Å². The lowest BCUT2D eigenvalue weighted by Gasteiger charge is -2.21. The van der Waals surface area contributed by atoms with Gasteiger partial charge in [0.15, 0.2) is 5.65 Å². The van der Waals surface area contributed by atoms with Crippen LogP contribution in [-0.2, 0) is 13.5 Å². The first kappa shape index (κ1) is 19.7. The molecule has 3 aromatic heterocycles. The molecule has 0 saturated carbocycles. The van der Waals surface area contributed by atoms with Crippen molar-refractivity contribution in [3.05, 3.63) is 48.7 Å². The maximum Gasteiger partial charge on any atom is 0.163 e. The molecule has 0 bridgehead atoms. The number of fused-ring (bicyclic) bond motifs is 1. The Kier molecular flexibility index (Phi) is 4.94. The Labute approximate surface area is 182 Å². The Morgan fingerprint density at radius 3 is 2.65 bits per heavy atom. The van der Waals surface area contributed by atoms with E-state index in [1.165, 1.54) is 5.56 Å². The van der Waals surface area contributed by atoms with Crippen LogP contribution in [0, 0.1) is 0 Å². The van der Waals surface area contributed by atoms with Crippen LogP contribution in [0.5, 0.6) is 0 Å². The number of imidazole rings is 1. The Hall–Kier alpha value is -3.26. The minimum Gasteiger partial charge on any atom is -0.354 e. The van der Waals surface area contributed by atoms with Gasteiger partial charge < -0.3 is 9.80 Å². The van der Waals surface area contributed by atoms with Crippen LogP contribution in [0.25, 0.3) is 28.1 Å². The van der Waals surface area contributed by atoms with E-state index in [1.54, 1.807) is 6.33 Å². The van der Waals surface area contributed by atoms with E-state index in [0.29, 0.717) is 6.04 Å². The van der Waals surface area contributed by atoms with E-state index < -0.39 is 0 Å². The molecule has 5 rings (SSSR count). The molecule has 1 aliphatic rings. The van der Waals surface area contributed by atoms with E-state index in [4.69, 9.17) is 10.1 Å². The molecule has 4 aromatic rings. The minimum atomic E-state index is 0.521. The molecule has 8 heteroatoms. The van der Waals surface area contributed by atoms with Crippen LogP contribution in [0.1, 0.15) is 18.9 Å². The van der Waals surface area contributed by atoms with E-state index in [-0.39, 0.29) is 0 Å². The molecular weight excluding hydrogens is 388 g/mol. The average Bonchev–Trinajstić information content (AvgIpc) is 3.52. The number of benzene rings is 1. The fraction of sp³-hybridized carbons (Fsp3) is 0.391. The summed E-state index contributed by atoms with van der Waals surface area (Å²) < 4.78 is 3.93. The van der Waals surface area contributed by atoms with Crippen molar-refractivity contribution in [1.82, 2.24) is 34.2 Å². The van der Waals surface area contributed by atoms with Gasteiger partial charge in [-0.2, -0.15) is 5.10 Å². The number of aromatic nitrogens is 6. The molecule has 1 aromatic carbocycles. The third-order valence-electron chi connectivity index (χ3n) is 6.30. The van der Waals surface area contributed by atoms with Gasteiger partial charge in [0.2, 0.25) is 0 Å². The van der Waals surface area contributed by atoms with Gasteiger partial charge in [-0.05, 0) is 44.6 Å². The molecule has 0 spiro atoms. The van der Waals surface area contributed by atoms with E-state index in [2.05, 4.69) is 69.6 Å². The summed E-state index contributed by atoms with van der Waals surface area (Å²) in [5.74, 6) is 0.950. The highest BCUT2D eigenvalue weighted by Gasteiger charge is 2.29. The third kappa shape index (κ3) is 3.37. The second-order valence-corrected chi connectivity index (χ2v) is 8.39. The van der Waals surface area contributed by atoms with Crippen molar-refractivity contribution in [1.29, 1.82) is 0 Å². The Balaban J connectivity index is 1.63. The van der Waals surface area contributed by atoms with Crippen molar-refractivity contribution in [2.75, 3.05) is 32.1 Å². The van der Waals surface area contributed by atoms with Crippen LogP contribution in [-0.4, -0.2) is 67.4 Å². The zero-order valence-electron chi connectivity index (χ0n) is 18.5. The van der Waals surface area contributed by atoms with Gasteiger partial charge in [0.25, 0.3) is 0 Å². The van der Waals surface area contributed by atoms with Crippen molar-refractivity contribution in [3.8, 4) is 17.1 Å². The maximum absolute atomic E-state index is 4.85. The zero-order valence-corrected chi connectivity index (χ0v) is 18.5. The number of likely N-dealkylation sites (N-methyl/N-ethyl adjacent to an activating group) is 1. The number of nitrogens with zero attached hydrogens (tertiary/aromatic N) is 8. The highest BCUT2D eigenvalue weighted by molar-refractivity contribution is 5.99. The summed E-state index contributed by atoms with van der Waals surface area (Å²) in [5, 5.41) is 5.84. The topological polar surface area (TPSA) is 67.9 Å². The smallest absolute Gasteiger partial charge is 0.163 e. The monoisotopic (exact) mass is 416 g/mol. The van der Waals surface area contributed by atoms with Crippen molar-refractivity contribution < 1.29 is 0 Å². The SMILES string of the molecule is CCc1ccc(-n2cncc2-c2nn(C)c3ncnc(N4CCC(N(C)C)C4)c23)cc1. The standard InChI is InChI=1S/C23H28N8/c1-5-16-6-8-17(9-7-16)31-15-24-12-19(31)21-20-22(29(4)27-21)25-14-26-23(20)30-11-10-18(13-30)28(2)3/h6-9,12,14-15,18H,5,10-11,13H2,1-4H3. The highest BCUT2D eigenvalue weighted by Crippen LogP contribution is 2.35. The molecule has 1 saturated heterocycles. The molecule has 31 heavy (non-hydrogen) atoms. The maximum atomic E-state index is 4.85. The Bertz CT molecular complexity index is 1200. The van der Waals surface area contributed by atoms with Crippen LogP contribution in [0.2, 0.25) is 0 Å². The van der Waals surface area contributed by atoms with Gasteiger partial charge >= 0.3 is 0 Å². The Morgan fingerprint density at radius 2 is 1.94 bits per heavy atom. The van der Waals surface area contributed by atoms with E-state index >= 15 is 0 Å². The van der Waals surface area contributed by atoms with Crippen LogP contribution < -0.4 is 4.90 Å². The van der Waals surface area contributed by atoms with Gasteiger partial charge in [-0.3, -0.25) is 4.57 Å². The van der Waals surface area contributed by atoms with Crippen LogP contribution in [0.4, 0.5) is 5.82 Å². The predicted octanol–water partition coefficient (Wildman–Crippen LogP) is 2.92. The predicted molar refractivity (Wildman–Crippen MR) is 123 cm³/mol. The molecule has 1 atom stereocenters. The van der Waals surface area contributed by atoms with Gasteiger partial charge in [0.05, 0.1) is 23.6 Å². The largest absolute Gasteiger partial charge is 0.354 e. The quantitative estimate of drug-likeness (QED) is 0.498. The van der Waals surface area contributed by atoms with Gasteiger partial charge in [0, 0.05) is 31.9 Å². The molecule has 0 aliphatic carbocycles. The summed E-state index contributed by atoms with van der Waals surface area (Å²) >= 11 is 0. The van der Waals surface area contributed by atoms with Crippen molar-refractivity contribution >= 4 is 16.9 Å². The summed E-state index contributed by atoms with van der Waals surface area (Å²) in [6, 6.07) is 9.11. The summed E-state index contributed by atoms with van der Waals surface area (Å²) in [6.45, 7) is 4.09. The fourth-order valence-corrected chi connectivity index (χ4v) is 4.41. The molecule has 160 valence electrons. The first-order chi connectivity index (χ1) is 15.1. The Morgan fingerprint density at radius 1 is 1.13 bits per heavy atom. The lowest BCUT2D eigenvalue weighted by Crippen LogP contribution is -2.31. The van der Waals surface area contributed by atoms with Gasteiger partial charge in [-0.1, -0.05) is 19.1 Å². The number of anilines is 1. The summed E-state index contributed by atoms with van der Waals surface area (Å²) in [5.41, 5.74) is 5.01. The third-order valence-corrected chi connectivity index (χ3v) is 6.30. The normalized spacial score (nSPS) is 16.7. The number of hydrogen-bond donors (Lipinski definition) is 0. The van der Waals surface area contributed by atoms with Gasteiger partial charge in [0.1, 0.15) is 17.8 Å². The molecule has 8 nitrogen and oxygen atoms in total. The molecule has 0 amide bonds. The summed E-state index contributed by atoms with van der Waals surface area (Å²) in [7, 11) is 6.22. The molecule has 4 heterocycles. The first-order valence-corrected chi connectivity index (χ1v) is 10.8. The van der Waals surface area contributed by atoms with E-state index in [1.807, 2.05) is 24.3 Å². The van der Waals surface area contributed by atoms with Gasteiger partial charge in [-0.15, -0.1) is 0 Å². The molecular formula is C23H28N8. The van der Waals surface area contributed by atoms with E-state index in [9.17, 15) is 0 Å². The molecule has 0 N–H and O–H groups in total. The van der Waals surface area contributed by atoms with Crippen LogP contribution in [0.3, 0.4) is 0 Å². The second kappa shape index (κ2) is 7.77. The van der Waals surface area contributed by atoms with Crippen LogP contribution in [0.15, 0.2) is 43.1 Å². The summed E-state index contributed by atoms with van der Waals surface area (Å²) in [6.07, 6.45) is 7.51. The number of aryl methyl sites for hydroxylation is 2. The highest BCUT2D eigenvalue weighted by atomic mass is 15.3. The molecule has 1 fully saturated rings. The number of hydrogen-bond acceptors (Lipinski definition) is 6. The fourth-order valence-electron chi connectivity index (χ4n) is 4.41. The second-order valence-electron chi connectivity index (χ2n) is 8.39. The number of rotatable bonds is 5. The zero-order chi connectivity index (χ0) is 21.5. The molecule has 1 unspecified atom stereocenters. The lowest BCUT2D eigenvalue weighted by molar-refractivity contribution is 0.315. The van der Waals surface area contributed by atoms with Crippen molar-refractivity contribution in [2.24, 2.45) is 7.05 Å². The van der Waals surface area contributed by atoms with Gasteiger partial charge in [-0.25, -0.2) is 19.6 Å². The van der Waals surface area contributed by atoms with Crippen molar-refractivity contribution in [3.63, 3.8) is 0 Å².